The van der Waals surface area contributed by atoms with Crippen LogP contribution in [-0.2, 0) is 0 Å². The molecule has 6 heteroatoms. The zero-order valence-electron chi connectivity index (χ0n) is 12.7. The first kappa shape index (κ1) is 14.7. The highest BCUT2D eigenvalue weighted by Gasteiger charge is 2.21. The Labute approximate surface area is 120 Å². The first-order chi connectivity index (χ1) is 9.35. The van der Waals surface area contributed by atoms with E-state index in [0.717, 1.165) is 26.2 Å². The predicted molar refractivity (Wildman–Crippen MR) is 78.8 cm³/mol. The van der Waals surface area contributed by atoms with E-state index in [-0.39, 0.29) is 11.4 Å². The van der Waals surface area contributed by atoms with Crippen molar-refractivity contribution in [2.24, 2.45) is 0 Å². The van der Waals surface area contributed by atoms with Crippen molar-refractivity contribution in [2.75, 3.05) is 38.5 Å². The van der Waals surface area contributed by atoms with Crippen LogP contribution in [0, 0.1) is 0 Å². The zero-order chi connectivity index (χ0) is 14.8. The van der Waals surface area contributed by atoms with Crippen LogP contribution in [0.5, 0.6) is 0 Å². The summed E-state index contributed by atoms with van der Waals surface area (Å²) in [5, 5.41) is 3.23. The van der Waals surface area contributed by atoms with Gasteiger partial charge in [-0.3, -0.25) is 4.79 Å². The Morgan fingerprint density at radius 3 is 2.30 bits per heavy atom. The fraction of sp³-hybridized carbons (Fsp3) is 0.643. The number of anilines is 1. The minimum Gasteiger partial charge on any atom is -0.364 e. The molecular formula is C14H23N5O. The molecule has 1 amide bonds. The molecule has 1 aliphatic rings. The molecule has 2 rings (SSSR count). The number of amides is 1. The molecule has 110 valence electrons. The number of likely N-dealkylation sites (N-methyl/N-ethyl adjacent to an activating group) is 1. The van der Waals surface area contributed by atoms with Gasteiger partial charge in [-0.2, -0.15) is 0 Å². The van der Waals surface area contributed by atoms with Gasteiger partial charge in [0.2, 0.25) is 0 Å². The van der Waals surface area contributed by atoms with Crippen LogP contribution in [0.3, 0.4) is 0 Å². The van der Waals surface area contributed by atoms with Gasteiger partial charge in [0.05, 0.1) is 12.4 Å². The van der Waals surface area contributed by atoms with Gasteiger partial charge in [0.15, 0.2) is 0 Å². The van der Waals surface area contributed by atoms with Crippen LogP contribution in [0.1, 0.15) is 31.3 Å². The van der Waals surface area contributed by atoms with Gasteiger partial charge in [0.1, 0.15) is 11.5 Å². The lowest BCUT2D eigenvalue weighted by molar-refractivity contribution is 0.0658. The van der Waals surface area contributed by atoms with Gasteiger partial charge in [0, 0.05) is 31.7 Å². The monoisotopic (exact) mass is 277 g/mol. The maximum atomic E-state index is 12.3. The Morgan fingerprint density at radius 2 is 1.80 bits per heavy atom. The summed E-state index contributed by atoms with van der Waals surface area (Å²) >= 11 is 0. The summed E-state index contributed by atoms with van der Waals surface area (Å²) in [5.74, 6) is 0.653. The normalized spacial score (nSPS) is 17.1. The van der Waals surface area contributed by atoms with Crippen LogP contribution < -0.4 is 5.32 Å². The van der Waals surface area contributed by atoms with Crippen molar-refractivity contribution in [3.05, 3.63) is 18.1 Å². The molecule has 1 aromatic heterocycles. The lowest BCUT2D eigenvalue weighted by Gasteiger charge is -2.32. The third kappa shape index (κ3) is 3.90. The summed E-state index contributed by atoms with van der Waals surface area (Å²) in [6.07, 6.45) is 3.17. The third-order valence-corrected chi connectivity index (χ3v) is 3.16. The standard InChI is InChI=1S/C14H23N5O/c1-14(2,3)17-12-10-15-11(9-16-12)13(20)19-7-5-18(4)6-8-19/h9-10H,5-8H2,1-4H3,(H,16,17). The van der Waals surface area contributed by atoms with Gasteiger partial charge in [-0.25, -0.2) is 9.97 Å². The predicted octanol–water partition coefficient (Wildman–Crippen LogP) is 1.07. The maximum Gasteiger partial charge on any atom is 0.274 e. The molecule has 0 aliphatic carbocycles. The van der Waals surface area contributed by atoms with Crippen molar-refractivity contribution in [1.82, 2.24) is 19.8 Å². The van der Waals surface area contributed by atoms with Crippen molar-refractivity contribution in [3.8, 4) is 0 Å². The van der Waals surface area contributed by atoms with Crippen molar-refractivity contribution < 1.29 is 4.79 Å². The van der Waals surface area contributed by atoms with E-state index >= 15 is 0 Å². The van der Waals surface area contributed by atoms with Crippen molar-refractivity contribution >= 4 is 11.7 Å². The summed E-state index contributed by atoms with van der Waals surface area (Å²) in [5.41, 5.74) is 0.339. The molecule has 0 atom stereocenters. The highest BCUT2D eigenvalue weighted by atomic mass is 16.2. The smallest absolute Gasteiger partial charge is 0.274 e. The first-order valence-corrected chi connectivity index (χ1v) is 6.93. The quantitative estimate of drug-likeness (QED) is 0.876. The van der Waals surface area contributed by atoms with Gasteiger partial charge in [-0.05, 0) is 27.8 Å². The molecule has 0 aromatic carbocycles. The molecule has 20 heavy (non-hydrogen) atoms. The van der Waals surface area contributed by atoms with E-state index in [2.05, 4.69) is 48.0 Å². The lowest BCUT2D eigenvalue weighted by Crippen LogP contribution is -2.47. The van der Waals surface area contributed by atoms with E-state index in [4.69, 9.17) is 0 Å². The molecular weight excluding hydrogens is 254 g/mol. The third-order valence-electron chi connectivity index (χ3n) is 3.16. The summed E-state index contributed by atoms with van der Waals surface area (Å²) in [4.78, 5) is 24.8. The summed E-state index contributed by atoms with van der Waals surface area (Å²) in [6, 6.07) is 0. The minimum atomic E-state index is -0.0718. The second-order valence-electron chi connectivity index (χ2n) is 6.26. The number of nitrogens with one attached hydrogen (secondary N) is 1. The molecule has 0 spiro atoms. The molecule has 0 radical (unpaired) electrons. The summed E-state index contributed by atoms with van der Waals surface area (Å²) in [7, 11) is 2.06. The van der Waals surface area contributed by atoms with Crippen LogP contribution in [0.4, 0.5) is 5.82 Å². The highest BCUT2D eigenvalue weighted by Crippen LogP contribution is 2.11. The molecule has 1 saturated heterocycles. The highest BCUT2D eigenvalue weighted by molar-refractivity contribution is 5.92. The van der Waals surface area contributed by atoms with E-state index in [0.29, 0.717) is 11.5 Å². The van der Waals surface area contributed by atoms with Crippen molar-refractivity contribution in [1.29, 1.82) is 0 Å². The number of carbonyl (C=O) groups is 1. The molecule has 1 fully saturated rings. The topological polar surface area (TPSA) is 61.4 Å². The Kier molecular flexibility index (Phi) is 4.23. The number of aromatic nitrogens is 2. The first-order valence-electron chi connectivity index (χ1n) is 6.93. The molecule has 1 aromatic rings. The van der Waals surface area contributed by atoms with Gasteiger partial charge in [-0.1, -0.05) is 0 Å². The second-order valence-corrected chi connectivity index (χ2v) is 6.26. The fourth-order valence-corrected chi connectivity index (χ4v) is 2.06. The van der Waals surface area contributed by atoms with E-state index < -0.39 is 0 Å². The molecule has 2 heterocycles. The minimum absolute atomic E-state index is 0.0343. The molecule has 1 N–H and O–H groups in total. The molecule has 0 bridgehead atoms. The van der Waals surface area contributed by atoms with Crippen LogP contribution in [0.2, 0.25) is 0 Å². The molecule has 0 unspecified atom stereocenters. The van der Waals surface area contributed by atoms with Crippen LogP contribution in [0.25, 0.3) is 0 Å². The number of hydrogen-bond donors (Lipinski definition) is 1. The van der Waals surface area contributed by atoms with E-state index in [1.165, 1.54) is 0 Å². The van der Waals surface area contributed by atoms with Crippen LogP contribution in [0.15, 0.2) is 12.4 Å². The van der Waals surface area contributed by atoms with E-state index in [1.54, 1.807) is 12.4 Å². The molecule has 1 aliphatic heterocycles. The average molecular weight is 277 g/mol. The lowest BCUT2D eigenvalue weighted by atomic mass is 10.1. The van der Waals surface area contributed by atoms with Gasteiger partial charge in [0.25, 0.3) is 5.91 Å². The zero-order valence-corrected chi connectivity index (χ0v) is 12.7. The fourth-order valence-electron chi connectivity index (χ4n) is 2.06. The van der Waals surface area contributed by atoms with Crippen LogP contribution >= 0.6 is 0 Å². The summed E-state index contributed by atoms with van der Waals surface area (Å²) in [6.45, 7) is 9.47. The number of nitrogens with zero attached hydrogens (tertiary/aromatic N) is 4. The van der Waals surface area contributed by atoms with Gasteiger partial charge >= 0.3 is 0 Å². The van der Waals surface area contributed by atoms with Crippen molar-refractivity contribution in [3.63, 3.8) is 0 Å². The van der Waals surface area contributed by atoms with Crippen molar-refractivity contribution in [2.45, 2.75) is 26.3 Å². The van der Waals surface area contributed by atoms with Gasteiger partial charge < -0.3 is 15.1 Å². The number of rotatable bonds is 2. The Morgan fingerprint density at radius 1 is 1.15 bits per heavy atom. The SMILES string of the molecule is CN1CCN(C(=O)c2cnc(NC(C)(C)C)cn2)CC1. The summed E-state index contributed by atoms with van der Waals surface area (Å²) < 4.78 is 0. The van der Waals surface area contributed by atoms with Crippen LogP contribution in [-0.4, -0.2) is 64.4 Å². The Bertz CT molecular complexity index is 457. The van der Waals surface area contributed by atoms with E-state index in [9.17, 15) is 4.79 Å². The number of hydrogen-bond acceptors (Lipinski definition) is 5. The Balaban J connectivity index is 2.00. The van der Waals surface area contributed by atoms with E-state index in [1.807, 2.05) is 4.90 Å². The molecule has 6 nitrogen and oxygen atoms in total. The Hall–Kier alpha value is -1.69. The largest absolute Gasteiger partial charge is 0.364 e. The maximum absolute atomic E-state index is 12.3. The number of piperazine rings is 1. The second kappa shape index (κ2) is 5.75. The van der Waals surface area contributed by atoms with Gasteiger partial charge in [-0.15, -0.1) is 0 Å². The average Bonchev–Trinajstić information content (AvgIpc) is 2.38. The number of carbonyl (C=O) groups excluding carboxylic acids is 1. The molecule has 0 saturated carbocycles.